The SMILES string of the molecule is O=C(C1CC1)C1CC(=O)N(C2CC2)C1. The lowest BCUT2D eigenvalue weighted by atomic mass is 10.00. The van der Waals surface area contributed by atoms with Crippen LogP contribution in [0.5, 0.6) is 0 Å². The Hall–Kier alpha value is -0.860. The standard InChI is InChI=1S/C11H15NO2/c13-10-5-8(11(14)7-1-2-7)6-12(10)9-3-4-9/h7-9H,1-6H2. The van der Waals surface area contributed by atoms with Crippen LogP contribution in [0, 0.1) is 11.8 Å². The quantitative estimate of drug-likeness (QED) is 0.670. The third kappa shape index (κ3) is 1.35. The molecule has 0 radical (unpaired) electrons. The first-order chi connectivity index (χ1) is 6.75. The maximum absolute atomic E-state index is 11.8. The molecule has 1 amide bonds. The zero-order valence-electron chi connectivity index (χ0n) is 8.24. The summed E-state index contributed by atoms with van der Waals surface area (Å²) in [7, 11) is 0. The maximum atomic E-state index is 11.8. The van der Waals surface area contributed by atoms with Gasteiger partial charge in [0.15, 0.2) is 0 Å². The highest BCUT2D eigenvalue weighted by molar-refractivity contribution is 5.92. The van der Waals surface area contributed by atoms with Crippen molar-refractivity contribution in [1.29, 1.82) is 0 Å². The fraction of sp³-hybridized carbons (Fsp3) is 0.818. The Morgan fingerprint density at radius 1 is 1.14 bits per heavy atom. The Labute approximate surface area is 83.5 Å². The average Bonchev–Trinajstić information content (AvgIpc) is 3.03. The number of Topliss-reactive ketones (excluding diaryl/α,β-unsaturated/α-hetero) is 1. The van der Waals surface area contributed by atoms with E-state index in [4.69, 9.17) is 0 Å². The van der Waals surface area contributed by atoms with Gasteiger partial charge in [-0.2, -0.15) is 0 Å². The third-order valence-electron chi connectivity index (χ3n) is 3.53. The summed E-state index contributed by atoms with van der Waals surface area (Å²) in [5.41, 5.74) is 0. The Kier molecular flexibility index (Phi) is 1.70. The molecule has 3 aliphatic rings. The first kappa shape index (κ1) is 8.45. The summed E-state index contributed by atoms with van der Waals surface area (Å²) in [6, 6.07) is 0.486. The molecule has 0 aromatic carbocycles. The first-order valence-electron chi connectivity index (χ1n) is 5.59. The lowest BCUT2D eigenvalue weighted by Gasteiger charge is -2.14. The van der Waals surface area contributed by atoms with E-state index >= 15 is 0 Å². The molecule has 0 aromatic heterocycles. The molecule has 0 N–H and O–H groups in total. The zero-order chi connectivity index (χ0) is 9.71. The minimum atomic E-state index is 0.0376. The summed E-state index contributed by atoms with van der Waals surface area (Å²) in [5.74, 6) is 0.926. The van der Waals surface area contributed by atoms with Gasteiger partial charge in [0.05, 0.1) is 0 Å². The Morgan fingerprint density at radius 2 is 1.86 bits per heavy atom. The molecule has 14 heavy (non-hydrogen) atoms. The molecular formula is C11H15NO2. The van der Waals surface area contributed by atoms with Gasteiger partial charge in [0.2, 0.25) is 5.91 Å². The molecule has 3 rings (SSSR count). The van der Waals surface area contributed by atoms with E-state index in [0.29, 0.717) is 24.2 Å². The van der Waals surface area contributed by atoms with Crippen molar-refractivity contribution < 1.29 is 9.59 Å². The molecule has 0 aromatic rings. The van der Waals surface area contributed by atoms with Crippen LogP contribution in [0.1, 0.15) is 32.1 Å². The molecule has 2 aliphatic carbocycles. The molecule has 1 atom stereocenters. The minimum absolute atomic E-state index is 0.0376. The van der Waals surface area contributed by atoms with Crippen LogP contribution in [0.2, 0.25) is 0 Å². The molecule has 3 fully saturated rings. The van der Waals surface area contributed by atoms with Crippen LogP contribution in [0.3, 0.4) is 0 Å². The van der Waals surface area contributed by atoms with E-state index < -0.39 is 0 Å². The highest BCUT2D eigenvalue weighted by Crippen LogP contribution is 2.38. The first-order valence-corrected chi connectivity index (χ1v) is 5.59. The van der Waals surface area contributed by atoms with E-state index in [9.17, 15) is 9.59 Å². The van der Waals surface area contributed by atoms with Gasteiger partial charge in [-0.15, -0.1) is 0 Å². The smallest absolute Gasteiger partial charge is 0.223 e. The maximum Gasteiger partial charge on any atom is 0.223 e. The van der Waals surface area contributed by atoms with Crippen LogP contribution < -0.4 is 0 Å². The van der Waals surface area contributed by atoms with Crippen molar-refractivity contribution in [3.05, 3.63) is 0 Å². The van der Waals surface area contributed by atoms with Gasteiger partial charge in [-0.3, -0.25) is 9.59 Å². The van der Waals surface area contributed by atoms with Crippen molar-refractivity contribution in [1.82, 2.24) is 4.90 Å². The summed E-state index contributed by atoms with van der Waals surface area (Å²) in [6.45, 7) is 0.721. The van der Waals surface area contributed by atoms with E-state index in [2.05, 4.69) is 0 Å². The normalized spacial score (nSPS) is 32.4. The Bertz CT molecular complexity index is 292. The molecule has 2 saturated carbocycles. The fourth-order valence-corrected chi connectivity index (χ4v) is 2.36. The number of likely N-dealkylation sites (tertiary alicyclic amines) is 1. The monoisotopic (exact) mass is 193 g/mol. The number of rotatable bonds is 3. The molecule has 3 heteroatoms. The fourth-order valence-electron chi connectivity index (χ4n) is 2.36. The van der Waals surface area contributed by atoms with Gasteiger partial charge < -0.3 is 4.90 Å². The summed E-state index contributed by atoms with van der Waals surface area (Å²) in [6.07, 6.45) is 4.91. The molecule has 1 saturated heterocycles. The average molecular weight is 193 g/mol. The van der Waals surface area contributed by atoms with E-state index in [1.54, 1.807) is 0 Å². The number of hydrogen-bond acceptors (Lipinski definition) is 2. The number of hydrogen-bond donors (Lipinski definition) is 0. The van der Waals surface area contributed by atoms with Crippen LogP contribution in [0.25, 0.3) is 0 Å². The predicted molar refractivity (Wildman–Crippen MR) is 50.6 cm³/mol. The molecule has 76 valence electrons. The number of amides is 1. The van der Waals surface area contributed by atoms with Gasteiger partial charge in [-0.05, 0) is 25.7 Å². The van der Waals surface area contributed by atoms with Gasteiger partial charge in [-0.1, -0.05) is 0 Å². The Morgan fingerprint density at radius 3 is 2.43 bits per heavy atom. The van der Waals surface area contributed by atoms with Crippen molar-refractivity contribution in [2.75, 3.05) is 6.54 Å². The number of ketones is 1. The van der Waals surface area contributed by atoms with Crippen molar-refractivity contribution in [3.63, 3.8) is 0 Å². The van der Waals surface area contributed by atoms with Crippen molar-refractivity contribution in [2.45, 2.75) is 38.1 Å². The second-order valence-electron chi connectivity index (χ2n) is 4.85. The van der Waals surface area contributed by atoms with Crippen LogP contribution in [0.15, 0.2) is 0 Å². The lowest BCUT2D eigenvalue weighted by molar-refractivity contribution is -0.129. The predicted octanol–water partition coefficient (Wildman–Crippen LogP) is 0.976. The van der Waals surface area contributed by atoms with Crippen LogP contribution in [0.4, 0.5) is 0 Å². The Balaban J connectivity index is 1.66. The lowest BCUT2D eigenvalue weighted by Crippen LogP contribution is -2.28. The molecule has 0 spiro atoms. The van der Waals surface area contributed by atoms with E-state index in [-0.39, 0.29) is 11.8 Å². The molecule has 0 bridgehead atoms. The summed E-state index contributed by atoms with van der Waals surface area (Å²) >= 11 is 0. The van der Waals surface area contributed by atoms with Crippen molar-refractivity contribution >= 4 is 11.7 Å². The zero-order valence-corrected chi connectivity index (χ0v) is 8.24. The van der Waals surface area contributed by atoms with Gasteiger partial charge in [0, 0.05) is 30.8 Å². The minimum Gasteiger partial charge on any atom is -0.339 e. The molecule has 3 nitrogen and oxygen atoms in total. The van der Waals surface area contributed by atoms with Crippen LogP contribution >= 0.6 is 0 Å². The number of carbonyl (C=O) groups excluding carboxylic acids is 2. The largest absolute Gasteiger partial charge is 0.339 e. The summed E-state index contributed by atoms with van der Waals surface area (Å²) < 4.78 is 0. The van der Waals surface area contributed by atoms with E-state index in [0.717, 1.165) is 32.2 Å². The molecule has 1 aliphatic heterocycles. The highest BCUT2D eigenvalue weighted by atomic mass is 16.2. The van der Waals surface area contributed by atoms with Gasteiger partial charge in [0.1, 0.15) is 5.78 Å². The molecule has 1 unspecified atom stereocenters. The van der Waals surface area contributed by atoms with Crippen LogP contribution in [-0.4, -0.2) is 29.2 Å². The second-order valence-corrected chi connectivity index (χ2v) is 4.85. The highest BCUT2D eigenvalue weighted by Gasteiger charge is 2.44. The van der Waals surface area contributed by atoms with Gasteiger partial charge in [-0.25, -0.2) is 0 Å². The van der Waals surface area contributed by atoms with Crippen LogP contribution in [-0.2, 0) is 9.59 Å². The topological polar surface area (TPSA) is 37.4 Å². The second kappa shape index (κ2) is 2.81. The van der Waals surface area contributed by atoms with E-state index in [1.807, 2.05) is 4.90 Å². The van der Waals surface area contributed by atoms with Crippen molar-refractivity contribution in [2.24, 2.45) is 11.8 Å². The molecular weight excluding hydrogens is 178 g/mol. The van der Waals surface area contributed by atoms with Gasteiger partial charge >= 0.3 is 0 Å². The van der Waals surface area contributed by atoms with Gasteiger partial charge in [0.25, 0.3) is 0 Å². The molecule has 1 heterocycles. The summed E-state index contributed by atoms with van der Waals surface area (Å²) in [5, 5.41) is 0. The van der Waals surface area contributed by atoms with E-state index in [1.165, 1.54) is 0 Å². The number of nitrogens with zero attached hydrogens (tertiary/aromatic N) is 1. The van der Waals surface area contributed by atoms with Crippen molar-refractivity contribution in [3.8, 4) is 0 Å². The third-order valence-corrected chi connectivity index (χ3v) is 3.53. The number of carbonyl (C=O) groups is 2. The summed E-state index contributed by atoms with van der Waals surface area (Å²) in [4.78, 5) is 25.3.